The molecule has 382 valence electrons. The Morgan fingerprint density at radius 2 is 1.16 bits per heavy atom. The van der Waals surface area contributed by atoms with Gasteiger partial charge in [0, 0.05) is 63.1 Å². The molecular weight excluding hydrogens is 1030 g/mol. The van der Waals surface area contributed by atoms with Crippen LogP contribution in [0.4, 0.5) is 35.1 Å². The first-order valence-electron chi connectivity index (χ1n) is 22.1. The summed E-state index contributed by atoms with van der Waals surface area (Å²) in [6.07, 6.45) is 0.302. The molecule has 1 unspecified atom stereocenters. The van der Waals surface area contributed by atoms with E-state index in [0.717, 1.165) is 48.0 Å². The Kier molecular flexibility index (Phi) is 21.7. The topological polar surface area (TPSA) is 126 Å². The second-order valence-electron chi connectivity index (χ2n) is 15.9. The van der Waals surface area contributed by atoms with Crippen molar-refractivity contribution in [3.63, 3.8) is 0 Å². The van der Waals surface area contributed by atoms with Crippen LogP contribution < -0.4 is 28.3 Å². The van der Waals surface area contributed by atoms with Crippen LogP contribution >= 0.6 is 15.9 Å². The maximum atomic E-state index is 14.1. The number of ether oxygens (including phenoxy) is 3. The number of ketones is 1. The van der Waals surface area contributed by atoms with Crippen LogP contribution in [0.5, 0.6) is 11.8 Å². The Balaban J connectivity index is 0.000000236. The Bertz CT molecular complexity index is 3030. The smallest absolute Gasteiger partial charge is 0.481 e. The number of aliphatic hydroxyl groups is 1. The number of aryl methyl sites for hydroxylation is 2. The van der Waals surface area contributed by atoms with Crippen molar-refractivity contribution in [2.75, 3.05) is 27.4 Å². The zero-order chi connectivity index (χ0) is 52.8. The number of benzene rings is 4. The van der Waals surface area contributed by atoms with E-state index >= 15 is 0 Å². The van der Waals surface area contributed by atoms with Crippen molar-refractivity contribution in [3.8, 4) is 23.1 Å². The minimum absolute atomic E-state index is 0. The predicted molar refractivity (Wildman–Crippen MR) is 261 cm³/mol. The largest absolute Gasteiger partial charge is 1.00 e. The van der Waals surface area contributed by atoms with Gasteiger partial charge in [-0.2, -0.15) is 43.0 Å². The third-order valence-corrected chi connectivity index (χ3v) is 11.1. The van der Waals surface area contributed by atoms with Crippen molar-refractivity contribution in [2.24, 2.45) is 0 Å². The number of unbranched alkanes of at least 4 members (excludes halogenated alkanes) is 1. The van der Waals surface area contributed by atoms with Gasteiger partial charge < -0.3 is 26.2 Å². The second kappa shape index (κ2) is 26.7. The molecule has 0 amide bonds. The zero-order valence-electron chi connectivity index (χ0n) is 40.7. The van der Waals surface area contributed by atoms with Gasteiger partial charge in [-0.25, -0.2) is 28.1 Å². The summed E-state index contributed by atoms with van der Waals surface area (Å²) in [5.41, 5.74) is -1.02. The zero-order valence-corrected chi connectivity index (χ0v) is 42.2. The summed E-state index contributed by atoms with van der Waals surface area (Å²) in [6.45, 7) is 11.2. The first-order valence-corrected chi connectivity index (χ1v) is 22.9. The molecule has 1 N–H and O–H groups in total. The quantitative estimate of drug-likeness (QED) is 0.0685. The molecule has 8 aromatic rings. The van der Waals surface area contributed by atoms with Crippen molar-refractivity contribution >= 4 is 43.5 Å². The van der Waals surface area contributed by atoms with E-state index in [0.29, 0.717) is 44.6 Å². The number of halogens is 9. The molecule has 0 spiro atoms. The van der Waals surface area contributed by atoms with Gasteiger partial charge in [-0.1, -0.05) is 19.4 Å². The molecule has 11 nitrogen and oxygen atoms in total. The molecular formula is C52H50BrF8LiN6O5. The number of Topliss-reactive ketones (excluding diaryl/α,β-unsaturated/α-hetero) is 1. The third kappa shape index (κ3) is 15.2. The van der Waals surface area contributed by atoms with E-state index < -0.39 is 46.5 Å². The monoisotopic (exact) mass is 1080 g/mol. The van der Waals surface area contributed by atoms with E-state index in [1.165, 1.54) is 127 Å². The molecule has 1 saturated heterocycles. The molecule has 21 heteroatoms. The number of pyridine rings is 2. The van der Waals surface area contributed by atoms with Crippen molar-refractivity contribution in [1.82, 2.24) is 29.5 Å². The number of fused-ring (bicyclic) bond motifs is 2. The van der Waals surface area contributed by atoms with Gasteiger partial charge in [0.2, 0.25) is 17.4 Å². The van der Waals surface area contributed by atoms with Crippen LogP contribution in [0.25, 0.3) is 33.2 Å². The molecule has 73 heavy (non-hydrogen) atoms. The number of carbonyl (C=O) groups is 1. The van der Waals surface area contributed by atoms with Crippen molar-refractivity contribution in [2.45, 2.75) is 64.4 Å². The summed E-state index contributed by atoms with van der Waals surface area (Å²) in [7, 11) is 2.97. The van der Waals surface area contributed by atoms with Crippen molar-refractivity contribution < 1.29 is 78.1 Å². The van der Waals surface area contributed by atoms with Crippen molar-refractivity contribution in [3.05, 3.63) is 173 Å². The van der Waals surface area contributed by atoms with Gasteiger partial charge in [-0.3, -0.25) is 4.79 Å². The minimum atomic E-state index is -5.02. The molecule has 1 atom stereocenters. The van der Waals surface area contributed by atoms with Gasteiger partial charge >= 0.3 is 31.2 Å². The van der Waals surface area contributed by atoms with Crippen LogP contribution in [0.1, 0.15) is 65.2 Å². The molecule has 1 aliphatic heterocycles. The van der Waals surface area contributed by atoms with Gasteiger partial charge in [0.1, 0.15) is 11.6 Å². The summed E-state index contributed by atoms with van der Waals surface area (Å²) >= 11 is 3.31. The van der Waals surface area contributed by atoms with Crippen LogP contribution in [0, 0.1) is 32.4 Å². The van der Waals surface area contributed by atoms with Gasteiger partial charge in [-0.15, -0.1) is 0 Å². The van der Waals surface area contributed by atoms with Crippen LogP contribution in [-0.4, -0.2) is 80.2 Å². The first kappa shape index (κ1) is 59.4. The minimum Gasteiger partial charge on any atom is -0.481 e. The molecule has 1 fully saturated rings. The Morgan fingerprint density at radius 3 is 1.58 bits per heavy atom. The maximum Gasteiger partial charge on any atom is 1.00 e. The van der Waals surface area contributed by atoms with Gasteiger partial charge in [0.25, 0.3) is 5.78 Å². The summed E-state index contributed by atoms with van der Waals surface area (Å²) in [6, 6.07) is 21.7. The maximum absolute atomic E-state index is 14.1. The number of hydrogen-bond acceptors (Lipinski definition) is 9. The van der Waals surface area contributed by atoms with E-state index in [4.69, 9.17) is 14.2 Å². The van der Waals surface area contributed by atoms with Crippen LogP contribution in [0.2, 0.25) is 0 Å². The third-order valence-electron chi connectivity index (χ3n) is 10.6. The molecule has 9 rings (SSSR count). The second-order valence-corrected chi connectivity index (χ2v) is 16.8. The summed E-state index contributed by atoms with van der Waals surface area (Å²) in [5, 5.41) is 19.9. The fourth-order valence-electron chi connectivity index (χ4n) is 6.89. The fourth-order valence-corrected chi connectivity index (χ4v) is 7.34. The number of aromatic nitrogens is 6. The average Bonchev–Trinajstić information content (AvgIpc) is 4.17. The standard InChI is InChI=1S/C22H17F4N3O2.C15H8F4N2O.C7H8BrNO.C4H8O.C4H9.Li/c1-13-9-16(12-27-20(13)31-2)21(30,22(24,25)26)15-3-8-19-14(10-15)11-28-29(19)18-6-4-17(23)5-7-18;16-11-2-4-12(5-3-11)21-13-6-1-9(7-10(13)8-20-21)14(22)15(17,18)19;1-5-3-6(8)4-9-7(5)10-2;1-2-4-5-3-1;1-3-4-2;/h3-12,30H,1-2H3;1-8H;3-4H,1-2H3;1-4H2;1,3-4H2,2H3;/q;;;;-1;+1. The molecule has 1 aliphatic rings. The summed E-state index contributed by atoms with van der Waals surface area (Å²) in [5.74, 6) is -1.86. The summed E-state index contributed by atoms with van der Waals surface area (Å²) < 4.78 is 125. The molecule has 4 aromatic heterocycles. The van der Waals surface area contributed by atoms with E-state index in [-0.39, 0.29) is 30.3 Å². The number of nitrogens with zero attached hydrogens (tertiary/aromatic N) is 6. The number of methoxy groups -OCH3 is 2. The SMILES string of the molecule is C1CCOC1.COc1ncc(Br)cc1C.COc1ncc(C(O)(c2ccc3c(cnn3-c3ccc(F)cc3)c2)C(F)(F)F)cc1C.O=C(c1ccc2c(cnn2-c2ccc(F)cc2)c1)C(F)(F)F.[CH2-]CCC.[Li+]. The Hall–Kier alpha value is -6.17. The summed E-state index contributed by atoms with van der Waals surface area (Å²) in [4.78, 5) is 19.1. The Morgan fingerprint density at radius 1 is 0.699 bits per heavy atom. The van der Waals surface area contributed by atoms with Gasteiger partial charge in [0.05, 0.1) is 49.0 Å². The predicted octanol–water partition coefficient (Wildman–Crippen LogP) is 10.2. The molecule has 0 radical (unpaired) electrons. The molecule has 0 saturated carbocycles. The van der Waals surface area contributed by atoms with Crippen LogP contribution in [0.15, 0.2) is 126 Å². The number of rotatable bonds is 8. The number of alkyl halides is 6. The Labute approximate surface area is 436 Å². The van der Waals surface area contributed by atoms with Crippen LogP contribution in [-0.2, 0) is 10.3 Å². The molecule has 5 heterocycles. The number of carbonyl (C=O) groups excluding carboxylic acids is 1. The van der Waals surface area contributed by atoms with Gasteiger partial charge in [-0.05, 0) is 139 Å². The number of hydrogen-bond donors (Lipinski definition) is 1. The van der Waals surface area contributed by atoms with E-state index in [1.54, 1.807) is 20.2 Å². The van der Waals surface area contributed by atoms with Crippen molar-refractivity contribution in [1.29, 1.82) is 0 Å². The van der Waals surface area contributed by atoms with E-state index in [9.17, 15) is 45.0 Å². The van der Waals surface area contributed by atoms with Crippen LogP contribution in [0.3, 0.4) is 0 Å². The van der Waals surface area contributed by atoms with Gasteiger partial charge in [0.15, 0.2) is 0 Å². The fraction of sp³-hybridized carbons (Fsp3) is 0.269. The first-order chi connectivity index (χ1) is 34.2. The molecule has 0 aliphatic carbocycles. The average molecular weight is 1080 g/mol. The van der Waals surface area contributed by atoms with E-state index in [2.05, 4.69) is 49.9 Å². The molecule has 0 bridgehead atoms. The normalized spacial score (nSPS) is 12.8. The molecule has 4 aromatic carbocycles. The van der Waals surface area contributed by atoms with E-state index in [1.807, 2.05) is 13.0 Å².